The van der Waals surface area contributed by atoms with Gasteiger partial charge in [-0.1, -0.05) is 0 Å². The van der Waals surface area contributed by atoms with E-state index in [-0.39, 0.29) is 0 Å². The van der Waals surface area contributed by atoms with E-state index in [9.17, 15) is 15.3 Å². The fourth-order valence-electron chi connectivity index (χ4n) is 3.13. The van der Waals surface area contributed by atoms with E-state index in [0.29, 0.717) is 16.9 Å². The number of nitrogens with zero attached hydrogens (tertiary/aromatic N) is 5. The summed E-state index contributed by atoms with van der Waals surface area (Å²) in [6, 6.07) is 3.66. The molecule has 1 aliphatic heterocycles. The van der Waals surface area contributed by atoms with Crippen LogP contribution in [0.4, 0.5) is 0 Å². The number of pyridine rings is 1. The third kappa shape index (κ3) is 2.40. The van der Waals surface area contributed by atoms with E-state index in [4.69, 9.17) is 4.74 Å². The molecule has 1 fully saturated rings. The van der Waals surface area contributed by atoms with Gasteiger partial charge in [0.15, 0.2) is 11.9 Å². The van der Waals surface area contributed by atoms with Crippen molar-refractivity contribution in [2.24, 2.45) is 0 Å². The first-order chi connectivity index (χ1) is 12.0. The van der Waals surface area contributed by atoms with Crippen LogP contribution in [-0.4, -0.2) is 64.2 Å². The van der Waals surface area contributed by atoms with Gasteiger partial charge in [-0.2, -0.15) is 0 Å². The Hall–Kier alpha value is -2.46. The molecule has 0 amide bonds. The third-order valence-electron chi connectivity index (χ3n) is 4.48. The molecule has 0 radical (unpaired) electrons. The Morgan fingerprint density at radius 3 is 2.84 bits per heavy atom. The minimum atomic E-state index is -1.61. The summed E-state index contributed by atoms with van der Waals surface area (Å²) in [5, 5.41) is 30.2. The number of hydrogen-bond donors (Lipinski definition) is 3. The number of rotatable bonds is 3. The molecule has 3 aromatic rings. The van der Waals surface area contributed by atoms with Crippen LogP contribution in [0.3, 0.4) is 0 Å². The minimum absolute atomic E-state index is 0.406. The minimum Gasteiger partial charge on any atom is -0.394 e. The first kappa shape index (κ1) is 16.0. The summed E-state index contributed by atoms with van der Waals surface area (Å²) in [5.74, 6) is 0. The fourth-order valence-corrected chi connectivity index (χ4v) is 3.13. The van der Waals surface area contributed by atoms with Crippen molar-refractivity contribution >= 4 is 11.2 Å². The molecule has 1 aliphatic rings. The molecule has 1 unspecified atom stereocenters. The highest BCUT2D eigenvalue weighted by molar-refractivity contribution is 5.86. The highest BCUT2D eigenvalue weighted by Crippen LogP contribution is 2.39. The van der Waals surface area contributed by atoms with Crippen LogP contribution in [0, 0.1) is 0 Å². The van der Waals surface area contributed by atoms with Crippen LogP contribution < -0.4 is 0 Å². The van der Waals surface area contributed by atoms with E-state index < -0.39 is 30.6 Å². The summed E-state index contributed by atoms with van der Waals surface area (Å²) in [7, 11) is 0. The molecule has 4 heterocycles. The second kappa shape index (κ2) is 5.81. The van der Waals surface area contributed by atoms with Gasteiger partial charge in [0.2, 0.25) is 0 Å². The van der Waals surface area contributed by atoms with E-state index in [2.05, 4.69) is 19.9 Å². The van der Waals surface area contributed by atoms with E-state index in [1.165, 1.54) is 24.1 Å². The summed E-state index contributed by atoms with van der Waals surface area (Å²) in [5.41, 5.74) is 0.753. The van der Waals surface area contributed by atoms with Gasteiger partial charge in [0.1, 0.15) is 35.3 Å². The second-order valence-electron chi connectivity index (χ2n) is 6.17. The van der Waals surface area contributed by atoms with E-state index in [1.54, 1.807) is 18.5 Å². The molecule has 0 saturated carbocycles. The Bertz CT molecular complexity index is 898. The lowest BCUT2D eigenvalue weighted by Crippen LogP contribution is -2.44. The molecule has 3 aromatic heterocycles. The molecule has 9 heteroatoms. The largest absolute Gasteiger partial charge is 0.394 e. The van der Waals surface area contributed by atoms with Gasteiger partial charge < -0.3 is 20.1 Å². The van der Waals surface area contributed by atoms with Crippen molar-refractivity contribution in [3.63, 3.8) is 0 Å². The predicted molar refractivity (Wildman–Crippen MR) is 86.2 cm³/mol. The molecule has 0 spiro atoms. The molecule has 4 rings (SSSR count). The number of fused-ring (bicyclic) bond motifs is 1. The first-order valence-corrected chi connectivity index (χ1v) is 7.78. The van der Waals surface area contributed by atoms with Gasteiger partial charge in [-0.15, -0.1) is 0 Å². The Labute approximate surface area is 142 Å². The Morgan fingerprint density at radius 2 is 2.16 bits per heavy atom. The summed E-state index contributed by atoms with van der Waals surface area (Å²) in [4.78, 5) is 17.0. The van der Waals surface area contributed by atoms with Crippen LogP contribution >= 0.6 is 0 Å². The summed E-state index contributed by atoms with van der Waals surface area (Å²) in [6.07, 6.45) is 3.14. The number of ether oxygens (including phenoxy) is 1. The van der Waals surface area contributed by atoms with Crippen LogP contribution in [0.5, 0.6) is 0 Å². The number of hydrogen-bond acceptors (Lipinski definition) is 8. The van der Waals surface area contributed by atoms with Gasteiger partial charge in [-0.3, -0.25) is 9.55 Å². The smallest absolute Gasteiger partial charge is 0.168 e. The van der Waals surface area contributed by atoms with Crippen molar-refractivity contribution in [1.29, 1.82) is 0 Å². The standard InChI is InChI=1S/C16H17N5O4/c1-16(24)13(23)10(6-22)25-15(16)21-8-20-12-11(18-7-19-14(12)21)9-3-2-4-17-5-9/h2-5,7-8,10,13,15,22-24H,6H2,1H3/t10-,13-,15?,16-/m1/s1. The van der Waals surface area contributed by atoms with Crippen LogP contribution in [0.15, 0.2) is 37.2 Å². The van der Waals surface area contributed by atoms with Crippen molar-refractivity contribution in [2.75, 3.05) is 6.61 Å². The van der Waals surface area contributed by atoms with Crippen LogP contribution in [0.25, 0.3) is 22.4 Å². The summed E-state index contributed by atoms with van der Waals surface area (Å²) < 4.78 is 7.17. The van der Waals surface area contributed by atoms with Gasteiger partial charge in [-0.05, 0) is 19.1 Å². The van der Waals surface area contributed by atoms with Gasteiger partial charge in [0.05, 0.1) is 12.9 Å². The summed E-state index contributed by atoms with van der Waals surface area (Å²) in [6.45, 7) is 1.05. The molecule has 3 N–H and O–H groups in total. The molecule has 25 heavy (non-hydrogen) atoms. The van der Waals surface area contributed by atoms with E-state index in [0.717, 1.165) is 5.56 Å². The molecule has 130 valence electrons. The van der Waals surface area contributed by atoms with E-state index in [1.807, 2.05) is 6.07 Å². The van der Waals surface area contributed by atoms with Crippen molar-refractivity contribution in [2.45, 2.75) is 31.0 Å². The van der Waals surface area contributed by atoms with Gasteiger partial charge in [0, 0.05) is 18.0 Å². The second-order valence-corrected chi connectivity index (χ2v) is 6.17. The lowest BCUT2D eigenvalue weighted by molar-refractivity contribution is -0.0950. The maximum Gasteiger partial charge on any atom is 0.168 e. The van der Waals surface area contributed by atoms with Gasteiger partial charge in [-0.25, -0.2) is 15.0 Å². The normalized spacial score (nSPS) is 29.4. The van der Waals surface area contributed by atoms with E-state index >= 15 is 0 Å². The topological polar surface area (TPSA) is 126 Å². The first-order valence-electron chi connectivity index (χ1n) is 7.78. The highest BCUT2D eigenvalue weighted by atomic mass is 16.6. The SMILES string of the molecule is C[C@]1(O)C(n2cnc3c(-c4cccnc4)ncnc32)O[C@H](CO)[C@H]1O. The number of aromatic nitrogens is 5. The Balaban J connectivity index is 1.83. The lowest BCUT2D eigenvalue weighted by Gasteiger charge is -2.27. The van der Waals surface area contributed by atoms with Crippen LogP contribution in [-0.2, 0) is 4.74 Å². The van der Waals surface area contributed by atoms with Crippen molar-refractivity contribution in [3.05, 3.63) is 37.2 Å². The van der Waals surface area contributed by atoms with Crippen LogP contribution in [0.2, 0.25) is 0 Å². The summed E-state index contributed by atoms with van der Waals surface area (Å²) >= 11 is 0. The molecule has 9 nitrogen and oxygen atoms in total. The molecular weight excluding hydrogens is 326 g/mol. The zero-order valence-electron chi connectivity index (χ0n) is 13.4. The Kier molecular flexibility index (Phi) is 3.73. The highest BCUT2D eigenvalue weighted by Gasteiger charge is 2.53. The fraction of sp³-hybridized carbons (Fsp3) is 0.375. The number of imidazole rings is 1. The molecule has 0 aromatic carbocycles. The zero-order valence-corrected chi connectivity index (χ0v) is 13.4. The third-order valence-corrected chi connectivity index (χ3v) is 4.48. The van der Waals surface area contributed by atoms with Gasteiger partial charge in [0.25, 0.3) is 0 Å². The average molecular weight is 343 g/mol. The van der Waals surface area contributed by atoms with Crippen LogP contribution in [0.1, 0.15) is 13.2 Å². The number of aliphatic hydroxyl groups is 3. The maximum atomic E-state index is 10.7. The lowest BCUT2D eigenvalue weighted by atomic mass is 9.96. The maximum absolute atomic E-state index is 10.7. The predicted octanol–water partition coefficient (Wildman–Crippen LogP) is -0.110. The van der Waals surface area contributed by atoms with Gasteiger partial charge >= 0.3 is 0 Å². The molecule has 0 aliphatic carbocycles. The molecule has 1 saturated heterocycles. The van der Waals surface area contributed by atoms with Crippen molar-refractivity contribution in [3.8, 4) is 11.3 Å². The quantitative estimate of drug-likeness (QED) is 0.601. The Morgan fingerprint density at radius 1 is 1.32 bits per heavy atom. The van der Waals surface area contributed by atoms with Crippen molar-refractivity contribution in [1.82, 2.24) is 24.5 Å². The molecule has 0 bridgehead atoms. The monoisotopic (exact) mass is 343 g/mol. The molecule has 4 atom stereocenters. The van der Waals surface area contributed by atoms with Crippen molar-refractivity contribution < 1.29 is 20.1 Å². The zero-order chi connectivity index (χ0) is 17.6. The average Bonchev–Trinajstić information content (AvgIpc) is 3.15. The number of aliphatic hydroxyl groups excluding tert-OH is 2. The molecular formula is C16H17N5O4.